The minimum atomic E-state index is -0.261. The molecule has 4 aliphatic rings. The minimum Gasteiger partial charge on any atom is -0.508 e. The van der Waals surface area contributed by atoms with Gasteiger partial charge >= 0.3 is 0 Å². The number of hydrogen-bond donors (Lipinski definition) is 1. The van der Waals surface area contributed by atoms with Crippen molar-refractivity contribution >= 4 is 17.7 Å². The molecule has 3 aliphatic heterocycles. The summed E-state index contributed by atoms with van der Waals surface area (Å²) < 4.78 is 18.1. The number of rotatable bonds is 4. The van der Waals surface area contributed by atoms with Gasteiger partial charge in [-0.05, 0) is 54.4 Å². The molecule has 0 amide bonds. The molecule has 1 atom stereocenters. The van der Waals surface area contributed by atoms with Gasteiger partial charge in [0, 0.05) is 30.2 Å². The number of fused-ring (bicyclic) bond motifs is 4. The van der Waals surface area contributed by atoms with Crippen LogP contribution in [-0.4, -0.2) is 55.8 Å². The molecule has 0 spiro atoms. The molecule has 2 fully saturated rings. The molecular weight excluding hydrogens is 378 g/mol. The first-order chi connectivity index (χ1) is 14.8. The molecule has 1 aromatic rings. The summed E-state index contributed by atoms with van der Waals surface area (Å²) in [5, 5.41) is 12.7. The average Bonchev–Trinajstić information content (AvgIpc) is 3.10. The van der Waals surface area contributed by atoms with Crippen LogP contribution in [0.4, 0.5) is 0 Å². The molecule has 1 aliphatic carbocycles. The Morgan fingerprint density at radius 3 is 2.83 bits per heavy atom. The second-order valence-electron chi connectivity index (χ2n) is 8.58. The van der Waals surface area contributed by atoms with Gasteiger partial charge in [-0.25, -0.2) is 0 Å². The molecule has 0 aromatic heterocycles. The second kappa shape index (κ2) is 8.96. The lowest BCUT2D eigenvalue weighted by molar-refractivity contribution is -0.140. The first kappa shape index (κ1) is 19.9. The lowest BCUT2D eigenvalue weighted by Gasteiger charge is -2.28. The van der Waals surface area contributed by atoms with Gasteiger partial charge in [0.15, 0.2) is 6.29 Å². The Labute approximate surface area is 177 Å². The predicted octanol–water partition coefficient (Wildman–Crippen LogP) is 2.88. The number of allylic oxidation sites excluding steroid dienone is 1. The lowest BCUT2D eigenvalue weighted by Crippen LogP contribution is -2.33. The van der Waals surface area contributed by atoms with Crippen LogP contribution in [0.25, 0.3) is 17.7 Å². The molecule has 0 saturated carbocycles. The van der Waals surface area contributed by atoms with E-state index in [4.69, 9.17) is 14.2 Å². The number of nitrogens with zero attached hydrogens (tertiary/aromatic N) is 1. The molecule has 5 rings (SSSR count). The van der Waals surface area contributed by atoms with E-state index < -0.39 is 0 Å². The van der Waals surface area contributed by atoms with Gasteiger partial charge in [0.25, 0.3) is 0 Å². The molecular formula is C25H31NO4. The van der Waals surface area contributed by atoms with Crippen LogP contribution in [0.3, 0.4) is 0 Å². The summed E-state index contributed by atoms with van der Waals surface area (Å²) in [4.78, 5) is 2.50. The molecule has 0 unspecified atom stereocenters. The highest BCUT2D eigenvalue weighted by molar-refractivity contribution is 5.76. The van der Waals surface area contributed by atoms with Crippen molar-refractivity contribution in [2.45, 2.75) is 44.8 Å². The Kier molecular flexibility index (Phi) is 5.93. The van der Waals surface area contributed by atoms with Crippen molar-refractivity contribution in [3.05, 3.63) is 45.5 Å². The number of aliphatic hydroxyl groups is 1. The summed E-state index contributed by atoms with van der Waals surface area (Å²) in [5.74, 6) is 1.12. The molecule has 0 radical (unpaired) electrons. The van der Waals surface area contributed by atoms with Crippen LogP contribution < -0.4 is 15.2 Å². The fourth-order valence-corrected chi connectivity index (χ4v) is 4.90. The highest BCUT2D eigenvalue weighted by atomic mass is 16.7. The number of benzene rings is 1. The lowest BCUT2D eigenvalue weighted by atomic mass is 9.96. The monoisotopic (exact) mass is 409 g/mol. The fourth-order valence-electron chi connectivity index (χ4n) is 4.90. The number of ether oxygens (including phenoxy) is 3. The molecule has 1 N–H and O–H groups in total. The molecule has 2 saturated heterocycles. The van der Waals surface area contributed by atoms with Crippen LogP contribution in [0.15, 0.2) is 29.5 Å². The maximum atomic E-state index is 10.6. The summed E-state index contributed by atoms with van der Waals surface area (Å²) in [5.41, 5.74) is 3.16. The van der Waals surface area contributed by atoms with E-state index in [0.717, 1.165) is 45.9 Å². The van der Waals surface area contributed by atoms with Gasteiger partial charge in [0.05, 0.1) is 19.8 Å². The van der Waals surface area contributed by atoms with Crippen LogP contribution in [0.1, 0.15) is 44.1 Å². The molecule has 160 valence electrons. The Bertz CT molecular complexity index is 970. The van der Waals surface area contributed by atoms with Crippen LogP contribution in [0.2, 0.25) is 0 Å². The molecule has 5 nitrogen and oxygen atoms in total. The first-order valence-corrected chi connectivity index (χ1v) is 11.3. The number of likely N-dealkylation sites (tertiary alicyclic amines) is 1. The fraction of sp³-hybridized carbons (Fsp3) is 0.520. The van der Waals surface area contributed by atoms with Gasteiger partial charge in [-0.3, -0.25) is 0 Å². The van der Waals surface area contributed by atoms with Crippen LogP contribution in [-0.2, 0) is 9.47 Å². The Morgan fingerprint density at radius 1 is 1.10 bits per heavy atom. The number of hydrogen-bond acceptors (Lipinski definition) is 5. The molecule has 5 heteroatoms. The normalized spacial score (nSPS) is 24.1. The third-order valence-electron chi connectivity index (χ3n) is 6.49. The van der Waals surface area contributed by atoms with Gasteiger partial charge in [0.2, 0.25) is 0 Å². The average molecular weight is 410 g/mol. The second-order valence-corrected chi connectivity index (χ2v) is 8.58. The van der Waals surface area contributed by atoms with Crippen molar-refractivity contribution in [1.82, 2.24) is 4.90 Å². The summed E-state index contributed by atoms with van der Waals surface area (Å²) >= 11 is 0. The van der Waals surface area contributed by atoms with E-state index in [-0.39, 0.29) is 12.0 Å². The molecule has 1 aromatic carbocycles. The highest BCUT2D eigenvalue weighted by Gasteiger charge is 2.26. The van der Waals surface area contributed by atoms with Crippen molar-refractivity contribution in [3.8, 4) is 5.75 Å². The van der Waals surface area contributed by atoms with Crippen molar-refractivity contribution in [2.75, 3.05) is 39.5 Å². The maximum Gasteiger partial charge on any atom is 0.162 e. The quantitative estimate of drug-likeness (QED) is 0.829. The van der Waals surface area contributed by atoms with Gasteiger partial charge < -0.3 is 24.2 Å². The van der Waals surface area contributed by atoms with Crippen LogP contribution in [0, 0.1) is 0 Å². The predicted molar refractivity (Wildman–Crippen MR) is 118 cm³/mol. The SMILES string of the molecule is OC1=Cc2c3c(ccc2=C2CO[C@H](OCCN4CCCCCC4)CC2=C1)=CCCO3. The van der Waals surface area contributed by atoms with Gasteiger partial charge in [-0.1, -0.05) is 31.1 Å². The Balaban J connectivity index is 1.32. The van der Waals surface area contributed by atoms with Gasteiger partial charge in [-0.15, -0.1) is 0 Å². The standard InChI is InChI=1S/C25H31NO4/c27-20-14-19-15-24(28-13-11-26-9-3-1-2-4-10-26)30-17-23(19)21-8-7-18-6-5-12-29-25(18)22(21)16-20/h6-8,14,16,24,27H,1-5,9-13,15,17H2/t24-/m0/s1. The Morgan fingerprint density at radius 2 is 1.97 bits per heavy atom. The van der Waals surface area contributed by atoms with Gasteiger partial charge in [-0.2, -0.15) is 0 Å². The third kappa shape index (κ3) is 4.20. The molecule has 0 bridgehead atoms. The van der Waals surface area contributed by atoms with Crippen molar-refractivity contribution < 1.29 is 19.3 Å². The van der Waals surface area contributed by atoms with E-state index in [9.17, 15) is 5.11 Å². The van der Waals surface area contributed by atoms with E-state index in [1.165, 1.54) is 38.8 Å². The van der Waals surface area contributed by atoms with Crippen molar-refractivity contribution in [1.29, 1.82) is 0 Å². The van der Waals surface area contributed by atoms with E-state index in [2.05, 4.69) is 23.1 Å². The summed E-state index contributed by atoms with van der Waals surface area (Å²) in [6.07, 6.45) is 12.5. The highest BCUT2D eigenvalue weighted by Crippen LogP contribution is 2.30. The first-order valence-electron chi connectivity index (χ1n) is 11.3. The van der Waals surface area contributed by atoms with Crippen LogP contribution >= 0.6 is 0 Å². The van der Waals surface area contributed by atoms with Crippen molar-refractivity contribution in [3.63, 3.8) is 0 Å². The summed E-state index contributed by atoms with van der Waals surface area (Å²) in [6, 6.07) is 4.24. The zero-order valence-corrected chi connectivity index (χ0v) is 17.6. The van der Waals surface area contributed by atoms with E-state index in [1.54, 1.807) is 0 Å². The minimum absolute atomic E-state index is 0.258. The number of aliphatic hydroxyl groups excluding tert-OH is 1. The molecule has 3 heterocycles. The third-order valence-corrected chi connectivity index (χ3v) is 6.49. The van der Waals surface area contributed by atoms with Crippen LogP contribution in [0.5, 0.6) is 5.75 Å². The van der Waals surface area contributed by atoms with E-state index in [1.807, 2.05) is 12.2 Å². The summed E-state index contributed by atoms with van der Waals surface area (Å²) in [7, 11) is 0. The zero-order chi connectivity index (χ0) is 20.3. The Hall–Kier alpha value is -2.08. The zero-order valence-electron chi connectivity index (χ0n) is 17.6. The largest absolute Gasteiger partial charge is 0.508 e. The maximum absolute atomic E-state index is 10.6. The topological polar surface area (TPSA) is 51.2 Å². The molecule has 30 heavy (non-hydrogen) atoms. The summed E-state index contributed by atoms with van der Waals surface area (Å²) in [6.45, 7) is 5.16. The smallest absolute Gasteiger partial charge is 0.162 e. The van der Waals surface area contributed by atoms with Gasteiger partial charge in [0.1, 0.15) is 11.5 Å². The van der Waals surface area contributed by atoms with E-state index >= 15 is 0 Å². The van der Waals surface area contributed by atoms with Crippen molar-refractivity contribution in [2.24, 2.45) is 0 Å². The van der Waals surface area contributed by atoms with E-state index in [0.29, 0.717) is 26.2 Å².